The van der Waals surface area contributed by atoms with E-state index in [1.807, 2.05) is 24.3 Å². The predicted octanol–water partition coefficient (Wildman–Crippen LogP) is 0.310. The van der Waals surface area contributed by atoms with Crippen LogP contribution in [0, 0.1) is 0 Å². The van der Waals surface area contributed by atoms with Gasteiger partial charge in [-0.1, -0.05) is 18.2 Å². The van der Waals surface area contributed by atoms with E-state index < -0.39 is 30.6 Å². The Labute approximate surface area is 155 Å². The highest BCUT2D eigenvalue weighted by atomic mass is 16.5. The Hall–Kier alpha value is -3.36. The average molecular weight is 372 g/mol. The molecule has 1 atom stereocenters. The summed E-state index contributed by atoms with van der Waals surface area (Å²) >= 11 is 0. The number of nitrogens with zero attached hydrogens (tertiary/aromatic N) is 1. The van der Waals surface area contributed by atoms with E-state index in [4.69, 9.17) is 4.74 Å². The number of para-hydroxylation sites is 1. The van der Waals surface area contributed by atoms with Crippen molar-refractivity contribution in [1.29, 1.82) is 0 Å². The van der Waals surface area contributed by atoms with Crippen molar-refractivity contribution in [2.75, 3.05) is 19.7 Å². The summed E-state index contributed by atoms with van der Waals surface area (Å²) in [6, 6.07) is 6.14. The summed E-state index contributed by atoms with van der Waals surface area (Å²) in [5.74, 6) is -1.72. The molecule has 3 rings (SSSR count). The van der Waals surface area contributed by atoms with Crippen LogP contribution in [0.3, 0.4) is 0 Å². The number of amides is 4. The van der Waals surface area contributed by atoms with Crippen LogP contribution in [0.4, 0.5) is 4.79 Å². The van der Waals surface area contributed by atoms with Gasteiger partial charge in [-0.05, 0) is 11.6 Å². The van der Waals surface area contributed by atoms with Crippen molar-refractivity contribution in [2.24, 2.45) is 0 Å². The number of benzene rings is 1. The van der Waals surface area contributed by atoms with Crippen LogP contribution in [-0.4, -0.2) is 59.4 Å². The van der Waals surface area contributed by atoms with Crippen molar-refractivity contribution in [3.8, 4) is 0 Å². The van der Waals surface area contributed by atoms with E-state index >= 15 is 0 Å². The van der Waals surface area contributed by atoms with Crippen LogP contribution >= 0.6 is 0 Å². The molecule has 3 N–H and O–H groups in total. The first-order chi connectivity index (χ1) is 13.0. The zero-order chi connectivity index (χ0) is 19.4. The third kappa shape index (κ3) is 4.25. The number of carbonyl (C=O) groups is 4. The second kappa shape index (κ2) is 7.90. The maximum atomic E-state index is 12.4. The summed E-state index contributed by atoms with van der Waals surface area (Å²) in [5.41, 5.74) is 1.75. The van der Waals surface area contributed by atoms with Crippen molar-refractivity contribution < 1.29 is 23.9 Å². The highest BCUT2D eigenvalue weighted by molar-refractivity contribution is 5.97. The van der Waals surface area contributed by atoms with Gasteiger partial charge in [0.25, 0.3) is 5.91 Å². The summed E-state index contributed by atoms with van der Waals surface area (Å²) in [7, 11) is 0. The van der Waals surface area contributed by atoms with Crippen LogP contribution in [0.25, 0.3) is 10.9 Å². The fourth-order valence-corrected chi connectivity index (χ4v) is 2.98. The lowest BCUT2D eigenvalue weighted by molar-refractivity contribution is -0.153. The number of H-pyrrole nitrogens is 1. The number of esters is 1. The van der Waals surface area contributed by atoms with Crippen molar-refractivity contribution in [1.82, 2.24) is 20.5 Å². The maximum absolute atomic E-state index is 12.4. The van der Waals surface area contributed by atoms with Crippen LogP contribution in [0.1, 0.15) is 12.5 Å². The van der Waals surface area contributed by atoms with Crippen molar-refractivity contribution >= 4 is 34.7 Å². The Bertz CT molecular complexity index is 891. The molecular weight excluding hydrogens is 352 g/mol. The number of hydrogen-bond donors (Lipinski definition) is 3. The number of hydrogen-bond acceptors (Lipinski definition) is 5. The number of aromatic nitrogens is 1. The zero-order valence-electron chi connectivity index (χ0n) is 14.8. The second-order valence-corrected chi connectivity index (χ2v) is 6.20. The average Bonchev–Trinajstić information content (AvgIpc) is 3.25. The maximum Gasteiger partial charge on any atom is 0.329 e. The number of imide groups is 1. The molecule has 2 aromatic rings. The van der Waals surface area contributed by atoms with Gasteiger partial charge in [0.05, 0.1) is 0 Å². The number of fused-ring (bicyclic) bond motifs is 1. The van der Waals surface area contributed by atoms with E-state index in [9.17, 15) is 19.2 Å². The lowest BCUT2D eigenvalue weighted by Gasteiger charge is -2.17. The van der Waals surface area contributed by atoms with Gasteiger partial charge < -0.3 is 20.4 Å². The van der Waals surface area contributed by atoms with Crippen LogP contribution in [0.2, 0.25) is 0 Å². The lowest BCUT2D eigenvalue weighted by atomic mass is 10.0. The molecule has 1 aromatic heterocycles. The van der Waals surface area contributed by atoms with Crippen molar-refractivity contribution in [2.45, 2.75) is 19.4 Å². The monoisotopic (exact) mass is 372 g/mol. The number of urea groups is 1. The molecule has 1 unspecified atom stereocenters. The molecule has 1 saturated heterocycles. The molecule has 1 aliphatic heterocycles. The topological polar surface area (TPSA) is 121 Å². The van der Waals surface area contributed by atoms with Gasteiger partial charge in [0, 0.05) is 43.5 Å². The van der Waals surface area contributed by atoms with E-state index in [0.717, 1.165) is 21.4 Å². The van der Waals surface area contributed by atoms with Gasteiger partial charge in [-0.3, -0.25) is 14.5 Å². The van der Waals surface area contributed by atoms with E-state index in [0.29, 0.717) is 6.54 Å². The van der Waals surface area contributed by atoms with Crippen molar-refractivity contribution in [3.05, 3.63) is 36.0 Å². The minimum Gasteiger partial charge on any atom is -0.454 e. The van der Waals surface area contributed by atoms with E-state index in [2.05, 4.69) is 15.6 Å². The first-order valence-electron chi connectivity index (χ1n) is 8.52. The molecule has 2 heterocycles. The fraction of sp³-hybridized carbons (Fsp3) is 0.333. The number of ether oxygens (including phenoxy) is 1. The largest absolute Gasteiger partial charge is 0.454 e. The Kier molecular flexibility index (Phi) is 5.39. The molecule has 142 valence electrons. The smallest absolute Gasteiger partial charge is 0.329 e. The quantitative estimate of drug-likeness (QED) is 0.630. The van der Waals surface area contributed by atoms with Crippen LogP contribution < -0.4 is 10.6 Å². The normalized spacial score (nSPS) is 14.7. The summed E-state index contributed by atoms with van der Waals surface area (Å²) < 4.78 is 5.05. The second-order valence-electron chi connectivity index (χ2n) is 6.20. The number of nitrogens with one attached hydrogen (secondary N) is 3. The first kappa shape index (κ1) is 18.4. The summed E-state index contributed by atoms with van der Waals surface area (Å²) in [6.07, 6.45) is 1.98. The van der Waals surface area contributed by atoms with Crippen LogP contribution in [0.5, 0.6) is 0 Å². The SMILES string of the molecule is CC(=O)NC(Cc1c[nH]c2ccccc12)C(=O)OCC(=O)N1CCNC1=O. The molecule has 0 saturated carbocycles. The minimum absolute atomic E-state index is 0.209. The van der Waals surface area contributed by atoms with E-state index in [-0.39, 0.29) is 18.9 Å². The standard InChI is InChI=1S/C18H20N4O5/c1-11(23)21-15(8-12-9-20-14-5-3-2-4-13(12)14)17(25)27-10-16(24)22-7-6-19-18(22)26/h2-5,9,15,20H,6-8,10H2,1H3,(H,19,26)(H,21,23). The Morgan fingerprint density at radius 3 is 2.78 bits per heavy atom. The zero-order valence-corrected chi connectivity index (χ0v) is 14.8. The van der Waals surface area contributed by atoms with Gasteiger partial charge in [-0.15, -0.1) is 0 Å². The fourth-order valence-electron chi connectivity index (χ4n) is 2.98. The Morgan fingerprint density at radius 2 is 2.07 bits per heavy atom. The van der Waals surface area contributed by atoms with Crippen LogP contribution in [0.15, 0.2) is 30.5 Å². The van der Waals surface area contributed by atoms with Crippen molar-refractivity contribution in [3.63, 3.8) is 0 Å². The molecule has 0 radical (unpaired) electrons. The molecule has 4 amide bonds. The highest BCUT2D eigenvalue weighted by Gasteiger charge is 2.29. The van der Waals surface area contributed by atoms with Gasteiger partial charge in [0.2, 0.25) is 5.91 Å². The highest BCUT2D eigenvalue weighted by Crippen LogP contribution is 2.19. The Balaban J connectivity index is 1.66. The Morgan fingerprint density at radius 1 is 1.30 bits per heavy atom. The van der Waals surface area contributed by atoms with Gasteiger partial charge >= 0.3 is 12.0 Å². The minimum atomic E-state index is -0.943. The number of aromatic amines is 1. The van der Waals surface area contributed by atoms with Gasteiger partial charge in [0.1, 0.15) is 6.04 Å². The van der Waals surface area contributed by atoms with Crippen LogP contribution in [-0.2, 0) is 25.5 Å². The van der Waals surface area contributed by atoms with Gasteiger partial charge in [0.15, 0.2) is 6.61 Å². The molecule has 27 heavy (non-hydrogen) atoms. The van der Waals surface area contributed by atoms with E-state index in [1.165, 1.54) is 6.92 Å². The third-order valence-corrected chi connectivity index (χ3v) is 4.26. The summed E-state index contributed by atoms with van der Waals surface area (Å²) in [4.78, 5) is 51.5. The molecule has 9 heteroatoms. The number of carbonyl (C=O) groups excluding carboxylic acids is 4. The molecular formula is C18H20N4O5. The predicted molar refractivity (Wildman–Crippen MR) is 95.7 cm³/mol. The lowest BCUT2D eigenvalue weighted by Crippen LogP contribution is -2.44. The first-order valence-corrected chi connectivity index (χ1v) is 8.52. The van der Waals surface area contributed by atoms with Gasteiger partial charge in [-0.25, -0.2) is 9.59 Å². The summed E-state index contributed by atoms with van der Waals surface area (Å²) in [5, 5.41) is 5.99. The molecule has 0 spiro atoms. The molecule has 1 aliphatic rings. The third-order valence-electron chi connectivity index (χ3n) is 4.26. The molecule has 0 bridgehead atoms. The molecule has 1 fully saturated rings. The van der Waals surface area contributed by atoms with E-state index in [1.54, 1.807) is 6.20 Å². The number of rotatable bonds is 6. The molecule has 0 aliphatic carbocycles. The molecule has 1 aromatic carbocycles. The summed E-state index contributed by atoms with van der Waals surface area (Å²) in [6.45, 7) is 1.35. The molecule has 9 nitrogen and oxygen atoms in total. The van der Waals surface area contributed by atoms with Gasteiger partial charge in [-0.2, -0.15) is 0 Å².